The van der Waals surface area contributed by atoms with Gasteiger partial charge in [-0.25, -0.2) is 0 Å². The van der Waals surface area contributed by atoms with Crippen molar-refractivity contribution in [1.82, 2.24) is 0 Å². The number of carbonyl (C=O) groups excluding carboxylic acids is 1. The summed E-state index contributed by atoms with van der Waals surface area (Å²) in [6, 6.07) is 7.97. The summed E-state index contributed by atoms with van der Waals surface area (Å²) in [7, 11) is 0. The molecule has 2 aromatic heterocycles. The topological polar surface area (TPSA) is 43.1 Å². The Hall–Kier alpha value is -0.970. The average molecular weight is 253 g/mol. The maximum atomic E-state index is 10.5. The van der Waals surface area contributed by atoms with Crippen LogP contribution < -0.4 is 5.73 Å². The third-order valence-electron chi connectivity index (χ3n) is 1.86. The van der Waals surface area contributed by atoms with Gasteiger partial charge in [-0.2, -0.15) is 0 Å². The van der Waals surface area contributed by atoms with Crippen LogP contribution in [-0.2, 0) is 0 Å². The second-order valence-electron chi connectivity index (χ2n) is 3.34. The van der Waals surface area contributed by atoms with Gasteiger partial charge >= 0.3 is 0 Å². The van der Waals surface area contributed by atoms with Crippen molar-refractivity contribution in [2.75, 3.05) is 0 Å². The molecule has 2 aromatic rings. The molecule has 0 aliphatic rings. The van der Waals surface area contributed by atoms with Crippen LogP contribution in [0.2, 0.25) is 0 Å². The molecule has 86 valence electrons. The van der Waals surface area contributed by atoms with Crippen LogP contribution in [0.25, 0.3) is 0 Å². The molecule has 0 spiro atoms. The zero-order valence-electron chi connectivity index (χ0n) is 9.34. The van der Waals surface area contributed by atoms with E-state index < -0.39 is 0 Å². The smallest absolute Gasteiger partial charge is 0.169 e. The zero-order chi connectivity index (χ0) is 12.0. The van der Waals surface area contributed by atoms with Crippen molar-refractivity contribution in [1.29, 1.82) is 0 Å². The molecule has 1 atom stereocenters. The van der Waals surface area contributed by atoms with E-state index in [2.05, 4.69) is 6.07 Å². The molecule has 0 aromatic carbocycles. The van der Waals surface area contributed by atoms with Crippen LogP contribution in [0.3, 0.4) is 0 Å². The van der Waals surface area contributed by atoms with E-state index in [0.29, 0.717) is 0 Å². The minimum Gasteiger partial charge on any atom is -0.324 e. The number of Topliss-reactive ketones (excluding diaryl/α,β-unsaturated/α-hetero) is 1. The fourth-order valence-electron chi connectivity index (χ4n) is 1.03. The van der Waals surface area contributed by atoms with Crippen LogP contribution in [0.5, 0.6) is 0 Å². The summed E-state index contributed by atoms with van der Waals surface area (Å²) < 4.78 is 0. The van der Waals surface area contributed by atoms with E-state index in [0.717, 1.165) is 4.88 Å². The van der Waals surface area contributed by atoms with Crippen LogP contribution in [0.4, 0.5) is 0 Å². The molecule has 0 saturated carbocycles. The minimum absolute atomic E-state index is 0.153. The first-order valence-electron chi connectivity index (χ1n) is 4.94. The number of ketones is 1. The molecule has 2 nitrogen and oxygen atoms in total. The SMILES string of the molecule is CC(=O)c1cccs1.CC(N)c1cccs1. The molecule has 0 aliphatic carbocycles. The van der Waals surface area contributed by atoms with E-state index in [4.69, 9.17) is 5.73 Å². The highest BCUT2D eigenvalue weighted by molar-refractivity contribution is 7.12. The Morgan fingerprint density at radius 3 is 2.12 bits per heavy atom. The molecule has 0 saturated heterocycles. The van der Waals surface area contributed by atoms with Crippen LogP contribution in [0.15, 0.2) is 35.0 Å². The lowest BCUT2D eigenvalue weighted by molar-refractivity contribution is 0.102. The summed E-state index contributed by atoms with van der Waals surface area (Å²) in [5.74, 6) is 0.153. The third-order valence-corrected chi connectivity index (χ3v) is 3.90. The van der Waals surface area contributed by atoms with Gasteiger partial charge in [0.15, 0.2) is 5.78 Å². The summed E-state index contributed by atoms with van der Waals surface area (Å²) >= 11 is 3.19. The van der Waals surface area contributed by atoms with Gasteiger partial charge in [-0.05, 0) is 36.7 Å². The molecular formula is C12H15NOS2. The van der Waals surface area contributed by atoms with Crippen LogP contribution in [0, 0.1) is 0 Å². The summed E-state index contributed by atoms with van der Waals surface area (Å²) in [6.07, 6.45) is 0. The normalized spacial score (nSPS) is 11.4. The second kappa shape index (κ2) is 6.58. The number of thiophene rings is 2. The molecule has 4 heteroatoms. The van der Waals surface area contributed by atoms with Crippen molar-refractivity contribution >= 4 is 28.5 Å². The highest BCUT2D eigenvalue weighted by Gasteiger charge is 1.96. The summed E-state index contributed by atoms with van der Waals surface area (Å²) in [5, 5.41) is 3.94. The lowest BCUT2D eigenvalue weighted by atomic mass is 10.3. The predicted octanol–water partition coefficient (Wildman–Crippen LogP) is 3.72. The quantitative estimate of drug-likeness (QED) is 0.829. The molecule has 2 heterocycles. The fourth-order valence-corrected chi connectivity index (χ4v) is 2.34. The Morgan fingerprint density at radius 2 is 1.88 bits per heavy atom. The van der Waals surface area contributed by atoms with Gasteiger partial charge in [-0.15, -0.1) is 22.7 Å². The molecule has 16 heavy (non-hydrogen) atoms. The maximum Gasteiger partial charge on any atom is 0.169 e. The van der Waals surface area contributed by atoms with E-state index in [1.807, 2.05) is 35.9 Å². The number of hydrogen-bond acceptors (Lipinski definition) is 4. The number of nitrogens with two attached hydrogens (primary N) is 1. The standard InChI is InChI=1S/C6H9NS.C6H6OS/c2*1-5(7)6-3-2-4-8-6/h2-5H,7H2,1H3;2-4H,1H3. The first-order valence-corrected chi connectivity index (χ1v) is 6.70. The molecule has 0 radical (unpaired) electrons. The second-order valence-corrected chi connectivity index (χ2v) is 5.26. The molecule has 0 aliphatic heterocycles. The fraction of sp³-hybridized carbons (Fsp3) is 0.250. The van der Waals surface area contributed by atoms with E-state index in [1.54, 1.807) is 18.3 Å². The van der Waals surface area contributed by atoms with E-state index in [-0.39, 0.29) is 11.8 Å². The summed E-state index contributed by atoms with van der Waals surface area (Å²) in [4.78, 5) is 12.6. The van der Waals surface area contributed by atoms with Crippen LogP contribution in [0.1, 0.15) is 34.4 Å². The van der Waals surface area contributed by atoms with E-state index >= 15 is 0 Å². The van der Waals surface area contributed by atoms with Gasteiger partial charge < -0.3 is 5.73 Å². The van der Waals surface area contributed by atoms with Crippen molar-refractivity contribution in [3.63, 3.8) is 0 Å². The monoisotopic (exact) mass is 253 g/mol. The molecule has 0 bridgehead atoms. The van der Waals surface area contributed by atoms with Gasteiger partial charge in [0.2, 0.25) is 0 Å². The van der Waals surface area contributed by atoms with E-state index in [1.165, 1.54) is 16.2 Å². The van der Waals surface area contributed by atoms with Crippen molar-refractivity contribution < 1.29 is 4.79 Å². The van der Waals surface area contributed by atoms with Crippen LogP contribution >= 0.6 is 22.7 Å². The van der Waals surface area contributed by atoms with Crippen molar-refractivity contribution in [3.8, 4) is 0 Å². The van der Waals surface area contributed by atoms with Gasteiger partial charge in [-0.3, -0.25) is 4.79 Å². The molecule has 0 fully saturated rings. The Morgan fingerprint density at radius 1 is 1.25 bits per heavy atom. The lowest BCUT2D eigenvalue weighted by Crippen LogP contribution is -2.01. The Balaban J connectivity index is 0.000000160. The van der Waals surface area contributed by atoms with Gasteiger partial charge in [0.25, 0.3) is 0 Å². The van der Waals surface area contributed by atoms with Crippen LogP contribution in [-0.4, -0.2) is 5.78 Å². The molecule has 2 rings (SSSR count). The van der Waals surface area contributed by atoms with Crippen molar-refractivity contribution in [2.24, 2.45) is 5.73 Å². The van der Waals surface area contributed by atoms with Gasteiger partial charge in [-0.1, -0.05) is 12.1 Å². The maximum absolute atomic E-state index is 10.5. The first kappa shape index (κ1) is 13.1. The Bertz CT molecular complexity index is 404. The predicted molar refractivity (Wildman–Crippen MR) is 71.2 cm³/mol. The highest BCUT2D eigenvalue weighted by Crippen LogP contribution is 2.14. The largest absolute Gasteiger partial charge is 0.324 e. The highest BCUT2D eigenvalue weighted by atomic mass is 32.1. The summed E-state index contributed by atoms with van der Waals surface area (Å²) in [6.45, 7) is 3.57. The Kier molecular flexibility index (Phi) is 5.38. The van der Waals surface area contributed by atoms with Crippen molar-refractivity contribution in [3.05, 3.63) is 44.8 Å². The lowest BCUT2D eigenvalue weighted by Gasteiger charge is -1.96. The van der Waals surface area contributed by atoms with E-state index in [9.17, 15) is 4.79 Å². The molecular weight excluding hydrogens is 238 g/mol. The van der Waals surface area contributed by atoms with Gasteiger partial charge in [0.1, 0.15) is 0 Å². The Labute approximate surface area is 104 Å². The minimum atomic E-state index is 0.153. The number of rotatable bonds is 2. The summed E-state index contributed by atoms with van der Waals surface area (Å²) in [5.41, 5.74) is 5.57. The number of carbonyl (C=O) groups is 1. The zero-order valence-corrected chi connectivity index (χ0v) is 11.0. The third kappa shape index (κ3) is 4.26. The average Bonchev–Trinajstić information content (AvgIpc) is 2.93. The molecule has 0 amide bonds. The molecule has 2 N–H and O–H groups in total. The van der Waals surface area contributed by atoms with Gasteiger partial charge in [0.05, 0.1) is 4.88 Å². The molecule has 1 unspecified atom stereocenters. The number of hydrogen-bond donors (Lipinski definition) is 1. The van der Waals surface area contributed by atoms with Gasteiger partial charge in [0, 0.05) is 10.9 Å². The van der Waals surface area contributed by atoms with Crippen molar-refractivity contribution in [2.45, 2.75) is 19.9 Å². The first-order chi connectivity index (χ1) is 7.61.